The van der Waals surface area contributed by atoms with Crippen LogP contribution in [-0.4, -0.2) is 36.8 Å². The van der Waals surface area contributed by atoms with Crippen molar-refractivity contribution in [3.8, 4) is 0 Å². The maximum Gasteiger partial charge on any atom is 0.0698 e. The summed E-state index contributed by atoms with van der Waals surface area (Å²) in [4.78, 5) is 5.52. The molecule has 0 amide bonds. The van der Waals surface area contributed by atoms with E-state index in [4.69, 9.17) is 4.84 Å². The van der Waals surface area contributed by atoms with Gasteiger partial charge in [-0.3, -0.25) is 4.84 Å². The first kappa shape index (κ1) is 8.48. The number of hydrogen-bond acceptors (Lipinski definition) is 3. The zero-order valence-corrected chi connectivity index (χ0v) is 7.75. The Bertz CT molecular complexity index is 137. The molecule has 0 spiro atoms. The molecule has 1 N–H and O–H groups in total. The van der Waals surface area contributed by atoms with Crippen molar-refractivity contribution in [1.29, 1.82) is 0 Å². The second kappa shape index (κ2) is 3.73. The molecule has 0 aromatic rings. The zero-order valence-electron chi connectivity index (χ0n) is 7.75. The summed E-state index contributed by atoms with van der Waals surface area (Å²) in [5.74, 6) is 0. The van der Waals surface area contributed by atoms with Gasteiger partial charge in [-0.25, -0.2) is 0 Å². The number of rotatable bonds is 1. The molecular formula is C9H18N2O. The number of hydroxylamine groups is 2. The molecule has 2 rings (SSSR count). The first-order valence-corrected chi connectivity index (χ1v) is 4.99. The fourth-order valence-corrected chi connectivity index (χ4v) is 1.98. The minimum Gasteiger partial charge on any atom is -0.313 e. The van der Waals surface area contributed by atoms with E-state index in [9.17, 15) is 0 Å². The molecule has 2 unspecified atom stereocenters. The highest BCUT2D eigenvalue weighted by atomic mass is 16.7. The summed E-state index contributed by atoms with van der Waals surface area (Å²) in [5, 5.41) is 5.65. The van der Waals surface area contributed by atoms with E-state index in [2.05, 4.69) is 17.3 Å². The molecule has 2 heterocycles. The lowest BCUT2D eigenvalue weighted by Gasteiger charge is -2.32. The molecule has 3 nitrogen and oxygen atoms in total. The molecular weight excluding hydrogens is 152 g/mol. The Labute approximate surface area is 74.0 Å². The Kier molecular flexibility index (Phi) is 2.63. The van der Waals surface area contributed by atoms with E-state index in [1.54, 1.807) is 0 Å². The maximum absolute atomic E-state index is 5.52. The average molecular weight is 170 g/mol. The van der Waals surface area contributed by atoms with Crippen LogP contribution >= 0.6 is 0 Å². The molecule has 0 aliphatic carbocycles. The summed E-state index contributed by atoms with van der Waals surface area (Å²) in [6.07, 6.45) is 3.77. The highest BCUT2D eigenvalue weighted by Crippen LogP contribution is 2.17. The van der Waals surface area contributed by atoms with Gasteiger partial charge in [0, 0.05) is 25.2 Å². The number of piperidine rings is 1. The van der Waals surface area contributed by atoms with E-state index in [-0.39, 0.29) is 0 Å². The van der Waals surface area contributed by atoms with Crippen LogP contribution < -0.4 is 5.32 Å². The molecule has 2 aliphatic rings. The summed E-state index contributed by atoms with van der Waals surface area (Å²) in [6.45, 7) is 5.40. The van der Waals surface area contributed by atoms with Crippen LogP contribution in [0, 0.1) is 0 Å². The standard InChI is InChI=1S/C9H18N2O/c1-8-3-4-9(7-10-8)11-5-2-6-12-11/h8-10H,2-7H2,1H3. The molecule has 0 radical (unpaired) electrons. The van der Waals surface area contributed by atoms with Crippen molar-refractivity contribution in [1.82, 2.24) is 10.4 Å². The number of hydrogen-bond donors (Lipinski definition) is 1. The highest BCUT2D eigenvalue weighted by Gasteiger charge is 2.26. The van der Waals surface area contributed by atoms with Crippen molar-refractivity contribution in [2.45, 2.75) is 38.3 Å². The van der Waals surface area contributed by atoms with E-state index in [0.29, 0.717) is 12.1 Å². The van der Waals surface area contributed by atoms with E-state index in [1.807, 2.05) is 0 Å². The minimum atomic E-state index is 0.628. The lowest BCUT2D eigenvalue weighted by Crippen LogP contribution is -2.47. The largest absolute Gasteiger partial charge is 0.313 e. The molecule has 2 aliphatic heterocycles. The Morgan fingerprint density at radius 2 is 2.33 bits per heavy atom. The van der Waals surface area contributed by atoms with Crippen LogP contribution in [0.4, 0.5) is 0 Å². The summed E-state index contributed by atoms with van der Waals surface area (Å²) >= 11 is 0. The Balaban J connectivity index is 1.80. The molecule has 0 bridgehead atoms. The first-order chi connectivity index (χ1) is 5.86. The van der Waals surface area contributed by atoms with E-state index < -0.39 is 0 Å². The van der Waals surface area contributed by atoms with Crippen LogP contribution in [0.3, 0.4) is 0 Å². The van der Waals surface area contributed by atoms with Gasteiger partial charge in [-0.2, -0.15) is 5.06 Å². The van der Waals surface area contributed by atoms with Crippen molar-refractivity contribution in [3.63, 3.8) is 0 Å². The van der Waals surface area contributed by atoms with Crippen LogP contribution in [0.5, 0.6) is 0 Å². The van der Waals surface area contributed by atoms with E-state index in [0.717, 1.165) is 19.7 Å². The number of nitrogens with one attached hydrogen (secondary N) is 1. The molecule has 2 fully saturated rings. The van der Waals surface area contributed by atoms with Crippen LogP contribution in [0.2, 0.25) is 0 Å². The van der Waals surface area contributed by atoms with Gasteiger partial charge < -0.3 is 5.32 Å². The second-order valence-electron chi connectivity index (χ2n) is 3.87. The topological polar surface area (TPSA) is 24.5 Å². The van der Waals surface area contributed by atoms with Crippen molar-refractivity contribution in [2.24, 2.45) is 0 Å². The quantitative estimate of drug-likeness (QED) is 0.629. The molecule has 70 valence electrons. The zero-order chi connectivity index (χ0) is 8.39. The predicted molar refractivity (Wildman–Crippen MR) is 47.8 cm³/mol. The fourth-order valence-electron chi connectivity index (χ4n) is 1.98. The van der Waals surface area contributed by atoms with Gasteiger partial charge in [0.1, 0.15) is 0 Å². The van der Waals surface area contributed by atoms with Crippen LogP contribution in [0.1, 0.15) is 26.2 Å². The molecule has 2 atom stereocenters. The van der Waals surface area contributed by atoms with Gasteiger partial charge in [-0.05, 0) is 26.2 Å². The van der Waals surface area contributed by atoms with E-state index >= 15 is 0 Å². The van der Waals surface area contributed by atoms with E-state index in [1.165, 1.54) is 19.3 Å². The van der Waals surface area contributed by atoms with Gasteiger partial charge in [0.05, 0.1) is 6.61 Å². The molecule has 0 aromatic carbocycles. The summed E-state index contributed by atoms with van der Waals surface area (Å²) in [7, 11) is 0. The lowest BCUT2D eigenvalue weighted by molar-refractivity contribution is -0.145. The van der Waals surface area contributed by atoms with Crippen molar-refractivity contribution in [2.75, 3.05) is 19.7 Å². The minimum absolute atomic E-state index is 0.628. The molecule has 12 heavy (non-hydrogen) atoms. The van der Waals surface area contributed by atoms with Crippen LogP contribution in [0.15, 0.2) is 0 Å². The summed E-state index contributed by atoms with van der Waals surface area (Å²) < 4.78 is 0. The molecule has 2 saturated heterocycles. The molecule has 0 saturated carbocycles. The van der Waals surface area contributed by atoms with Gasteiger partial charge >= 0.3 is 0 Å². The smallest absolute Gasteiger partial charge is 0.0698 e. The normalized spacial score (nSPS) is 38.8. The monoisotopic (exact) mass is 170 g/mol. The third-order valence-corrected chi connectivity index (χ3v) is 2.82. The van der Waals surface area contributed by atoms with Crippen molar-refractivity contribution >= 4 is 0 Å². The van der Waals surface area contributed by atoms with Crippen molar-refractivity contribution in [3.05, 3.63) is 0 Å². The molecule has 3 heteroatoms. The molecule has 0 aromatic heterocycles. The van der Waals surface area contributed by atoms with Gasteiger partial charge in [0.15, 0.2) is 0 Å². The highest BCUT2D eigenvalue weighted by molar-refractivity contribution is 4.80. The van der Waals surface area contributed by atoms with Gasteiger partial charge in [0.2, 0.25) is 0 Å². The second-order valence-corrected chi connectivity index (χ2v) is 3.87. The lowest BCUT2D eigenvalue weighted by atomic mass is 10.0. The third kappa shape index (κ3) is 1.79. The average Bonchev–Trinajstić information content (AvgIpc) is 2.58. The first-order valence-electron chi connectivity index (χ1n) is 4.99. The maximum atomic E-state index is 5.52. The Morgan fingerprint density at radius 3 is 2.92 bits per heavy atom. The Morgan fingerprint density at radius 1 is 1.42 bits per heavy atom. The number of nitrogens with zero attached hydrogens (tertiary/aromatic N) is 1. The summed E-state index contributed by atoms with van der Waals surface area (Å²) in [6, 6.07) is 1.33. The summed E-state index contributed by atoms with van der Waals surface area (Å²) in [5.41, 5.74) is 0. The van der Waals surface area contributed by atoms with Crippen molar-refractivity contribution < 1.29 is 4.84 Å². The Hall–Kier alpha value is -0.120. The van der Waals surface area contributed by atoms with Gasteiger partial charge in [-0.15, -0.1) is 0 Å². The third-order valence-electron chi connectivity index (χ3n) is 2.82. The van der Waals surface area contributed by atoms with Crippen LogP contribution in [0.25, 0.3) is 0 Å². The van der Waals surface area contributed by atoms with Gasteiger partial charge in [0.25, 0.3) is 0 Å². The van der Waals surface area contributed by atoms with Gasteiger partial charge in [-0.1, -0.05) is 0 Å². The fraction of sp³-hybridized carbons (Fsp3) is 1.00. The predicted octanol–water partition coefficient (Wildman–Crippen LogP) is 0.764. The van der Waals surface area contributed by atoms with Crippen LogP contribution in [-0.2, 0) is 4.84 Å². The SMILES string of the molecule is CC1CCC(N2CCCO2)CN1.